The normalized spacial score (nSPS) is 24.8. The predicted octanol–water partition coefficient (Wildman–Crippen LogP) is 3.94. The first kappa shape index (κ1) is 24.4. The average Bonchev–Trinajstić information content (AvgIpc) is 3.21. The van der Waals surface area contributed by atoms with Gasteiger partial charge in [-0.2, -0.15) is 13.2 Å². The van der Waals surface area contributed by atoms with Gasteiger partial charge in [-0.1, -0.05) is 6.07 Å². The Hall–Kier alpha value is -2.29. The minimum Gasteiger partial charge on any atom is -0.489 e. The van der Waals surface area contributed by atoms with Crippen LogP contribution in [0, 0.1) is 11.8 Å². The lowest BCUT2D eigenvalue weighted by Gasteiger charge is -2.35. The van der Waals surface area contributed by atoms with Crippen molar-refractivity contribution in [3.63, 3.8) is 0 Å². The maximum absolute atomic E-state index is 12.9. The van der Waals surface area contributed by atoms with Crippen LogP contribution in [0.1, 0.15) is 51.5 Å². The molecule has 9 heteroatoms. The molecule has 1 atom stereocenters. The molecule has 1 aromatic rings. The SMILES string of the molecule is CC(C)(C(=O)NCC1CCC(C(=O)O)CC1)N1CC[C@@H](Oc2cccc(C(F)(F)F)c2)C1. The number of hydrogen-bond donors (Lipinski definition) is 2. The summed E-state index contributed by atoms with van der Waals surface area (Å²) < 4.78 is 44.5. The summed E-state index contributed by atoms with van der Waals surface area (Å²) in [5, 5.41) is 12.1. The van der Waals surface area contributed by atoms with E-state index in [1.807, 2.05) is 18.7 Å². The van der Waals surface area contributed by atoms with Crippen molar-refractivity contribution in [3.8, 4) is 5.75 Å². The largest absolute Gasteiger partial charge is 0.489 e. The van der Waals surface area contributed by atoms with Crippen molar-refractivity contribution in [1.29, 1.82) is 0 Å². The van der Waals surface area contributed by atoms with Gasteiger partial charge < -0.3 is 15.2 Å². The Labute approximate surface area is 186 Å². The molecule has 1 amide bonds. The minimum atomic E-state index is -4.42. The molecule has 0 spiro atoms. The van der Waals surface area contributed by atoms with E-state index in [0.717, 1.165) is 25.0 Å². The van der Waals surface area contributed by atoms with Gasteiger partial charge in [0.1, 0.15) is 11.9 Å². The fourth-order valence-corrected chi connectivity index (χ4v) is 4.48. The van der Waals surface area contributed by atoms with Crippen LogP contribution < -0.4 is 10.1 Å². The van der Waals surface area contributed by atoms with Gasteiger partial charge in [0.05, 0.1) is 17.0 Å². The number of likely N-dealkylation sites (tertiary alicyclic amines) is 1. The van der Waals surface area contributed by atoms with E-state index in [9.17, 15) is 22.8 Å². The third-order valence-electron chi connectivity index (χ3n) is 6.70. The Kier molecular flexibility index (Phi) is 7.37. The number of aliphatic carboxylic acids is 1. The second-order valence-electron chi connectivity index (χ2n) is 9.33. The predicted molar refractivity (Wildman–Crippen MR) is 112 cm³/mol. The first-order valence-corrected chi connectivity index (χ1v) is 11.1. The lowest BCUT2D eigenvalue weighted by atomic mass is 9.82. The number of carboxylic acids is 1. The fraction of sp³-hybridized carbons (Fsp3) is 0.652. The van der Waals surface area contributed by atoms with Gasteiger partial charge in [-0.25, -0.2) is 0 Å². The maximum Gasteiger partial charge on any atom is 0.416 e. The second-order valence-corrected chi connectivity index (χ2v) is 9.33. The number of nitrogens with zero attached hydrogens (tertiary/aromatic N) is 1. The zero-order valence-corrected chi connectivity index (χ0v) is 18.5. The van der Waals surface area contributed by atoms with Gasteiger partial charge in [-0.05, 0) is 70.1 Å². The van der Waals surface area contributed by atoms with Gasteiger partial charge in [0, 0.05) is 19.6 Å². The molecule has 3 rings (SSSR count). The molecule has 2 fully saturated rings. The highest BCUT2D eigenvalue weighted by Gasteiger charge is 2.40. The highest BCUT2D eigenvalue weighted by atomic mass is 19.4. The van der Waals surface area contributed by atoms with Gasteiger partial charge in [0.15, 0.2) is 0 Å². The van der Waals surface area contributed by atoms with E-state index in [0.29, 0.717) is 38.9 Å². The summed E-state index contributed by atoms with van der Waals surface area (Å²) >= 11 is 0. The van der Waals surface area contributed by atoms with Crippen molar-refractivity contribution >= 4 is 11.9 Å². The van der Waals surface area contributed by atoms with E-state index >= 15 is 0 Å². The van der Waals surface area contributed by atoms with Crippen molar-refractivity contribution in [3.05, 3.63) is 29.8 Å². The molecule has 1 aliphatic heterocycles. The molecule has 0 bridgehead atoms. The number of carbonyl (C=O) groups excluding carboxylic acids is 1. The van der Waals surface area contributed by atoms with Crippen LogP contribution in [-0.4, -0.2) is 53.2 Å². The molecule has 1 saturated carbocycles. The molecule has 178 valence electrons. The molecule has 1 aliphatic carbocycles. The molecule has 0 aromatic heterocycles. The van der Waals surface area contributed by atoms with Gasteiger partial charge >= 0.3 is 12.1 Å². The number of halogens is 3. The highest BCUT2D eigenvalue weighted by molar-refractivity contribution is 5.85. The fourth-order valence-electron chi connectivity index (χ4n) is 4.48. The lowest BCUT2D eigenvalue weighted by molar-refractivity contribution is -0.143. The van der Waals surface area contributed by atoms with Crippen LogP contribution in [0.4, 0.5) is 13.2 Å². The number of carbonyl (C=O) groups is 2. The Morgan fingerprint density at radius 2 is 1.84 bits per heavy atom. The minimum absolute atomic E-state index is 0.113. The standard InChI is InChI=1S/C23H31F3N2O4/c1-22(2,21(31)27-13-15-6-8-16(9-7-15)20(29)30)28-11-10-19(14-28)32-18-5-3-4-17(12-18)23(24,25)26/h3-5,12,15-16,19H,6-11,13-14H2,1-2H3,(H,27,31)(H,29,30)/t15?,16?,19-/m1/s1. The lowest BCUT2D eigenvalue weighted by Crippen LogP contribution is -2.55. The van der Waals surface area contributed by atoms with E-state index in [-0.39, 0.29) is 29.6 Å². The van der Waals surface area contributed by atoms with Gasteiger partial charge in [0.2, 0.25) is 5.91 Å². The van der Waals surface area contributed by atoms with Gasteiger partial charge in [-0.3, -0.25) is 14.5 Å². The number of hydrogen-bond acceptors (Lipinski definition) is 4. The molecule has 1 aromatic carbocycles. The van der Waals surface area contributed by atoms with Crippen LogP contribution in [0.15, 0.2) is 24.3 Å². The van der Waals surface area contributed by atoms with Crippen LogP contribution in [0.5, 0.6) is 5.75 Å². The van der Waals surface area contributed by atoms with Crippen LogP contribution in [0.2, 0.25) is 0 Å². The van der Waals surface area contributed by atoms with E-state index in [4.69, 9.17) is 9.84 Å². The van der Waals surface area contributed by atoms with Crippen molar-refractivity contribution in [2.75, 3.05) is 19.6 Å². The number of amides is 1. The molecule has 1 saturated heterocycles. The Morgan fingerprint density at radius 1 is 1.16 bits per heavy atom. The first-order valence-electron chi connectivity index (χ1n) is 11.1. The number of nitrogens with one attached hydrogen (secondary N) is 1. The number of rotatable bonds is 7. The summed E-state index contributed by atoms with van der Waals surface area (Å²) in [5.74, 6) is -0.689. The number of carboxylic acid groups (broad SMARTS) is 1. The van der Waals surface area contributed by atoms with Gasteiger partial charge in [0.25, 0.3) is 0 Å². The summed E-state index contributed by atoms with van der Waals surface area (Å²) in [5.41, 5.74) is -1.54. The first-order chi connectivity index (χ1) is 15.0. The summed E-state index contributed by atoms with van der Waals surface area (Å²) in [7, 11) is 0. The number of ether oxygens (including phenoxy) is 1. The number of alkyl halides is 3. The topological polar surface area (TPSA) is 78.9 Å². The van der Waals surface area contributed by atoms with Crippen LogP contribution in [-0.2, 0) is 15.8 Å². The highest BCUT2D eigenvalue weighted by Crippen LogP contribution is 2.33. The van der Waals surface area contributed by atoms with Crippen molar-refractivity contribution in [2.45, 2.75) is 63.8 Å². The summed E-state index contributed by atoms with van der Waals surface area (Å²) in [6.45, 7) is 5.23. The molecule has 0 unspecified atom stereocenters. The molecule has 1 heterocycles. The van der Waals surface area contributed by atoms with E-state index in [1.54, 1.807) is 0 Å². The zero-order valence-electron chi connectivity index (χ0n) is 18.5. The quantitative estimate of drug-likeness (QED) is 0.650. The molecule has 6 nitrogen and oxygen atoms in total. The van der Waals surface area contributed by atoms with Crippen molar-refractivity contribution < 1.29 is 32.6 Å². The molecule has 0 radical (unpaired) electrons. The van der Waals surface area contributed by atoms with Crippen molar-refractivity contribution in [2.24, 2.45) is 11.8 Å². The molecule has 32 heavy (non-hydrogen) atoms. The molecular weight excluding hydrogens is 425 g/mol. The summed E-state index contributed by atoms with van der Waals surface area (Å²) in [6, 6.07) is 4.84. The Balaban J connectivity index is 1.49. The van der Waals surface area contributed by atoms with E-state index in [2.05, 4.69) is 5.32 Å². The third kappa shape index (κ3) is 5.94. The average molecular weight is 457 g/mol. The number of benzene rings is 1. The molecular formula is C23H31F3N2O4. The van der Waals surface area contributed by atoms with Crippen molar-refractivity contribution in [1.82, 2.24) is 10.2 Å². The van der Waals surface area contributed by atoms with Gasteiger partial charge in [-0.15, -0.1) is 0 Å². The molecule has 2 aliphatic rings. The maximum atomic E-state index is 12.9. The van der Waals surface area contributed by atoms with Crippen LogP contribution in [0.25, 0.3) is 0 Å². The van der Waals surface area contributed by atoms with E-state index < -0.39 is 23.2 Å². The Morgan fingerprint density at radius 3 is 2.47 bits per heavy atom. The molecule has 2 N–H and O–H groups in total. The zero-order chi connectivity index (χ0) is 23.5. The van der Waals surface area contributed by atoms with Crippen LogP contribution in [0.3, 0.4) is 0 Å². The second kappa shape index (κ2) is 9.68. The smallest absolute Gasteiger partial charge is 0.416 e. The summed E-state index contributed by atoms with van der Waals surface area (Å²) in [6.07, 6.45) is -1.25. The summed E-state index contributed by atoms with van der Waals surface area (Å²) in [4.78, 5) is 25.9. The van der Waals surface area contributed by atoms with E-state index in [1.165, 1.54) is 12.1 Å². The van der Waals surface area contributed by atoms with Crippen LogP contribution >= 0.6 is 0 Å². The monoisotopic (exact) mass is 456 g/mol. The Bertz CT molecular complexity index is 820. The third-order valence-corrected chi connectivity index (χ3v) is 6.70.